The van der Waals surface area contributed by atoms with Gasteiger partial charge in [0.05, 0.1) is 6.10 Å². The average molecular weight is 368 g/mol. The number of aliphatic imine (C=N–C) groups is 1. The summed E-state index contributed by atoms with van der Waals surface area (Å²) in [6.07, 6.45) is 8.81. The summed E-state index contributed by atoms with van der Waals surface area (Å²) < 4.78 is 8.10. The number of aromatic nitrogens is 3. The lowest BCUT2D eigenvalue weighted by Gasteiger charge is -2.57. The van der Waals surface area contributed by atoms with Gasteiger partial charge in [-0.2, -0.15) is 0 Å². The fraction of sp³-hybridized carbons (Fsp3) is 0.650. The molecule has 3 unspecified atom stereocenters. The summed E-state index contributed by atoms with van der Waals surface area (Å²) in [4.78, 5) is 4.83. The van der Waals surface area contributed by atoms with Crippen molar-refractivity contribution in [3.63, 3.8) is 0 Å². The van der Waals surface area contributed by atoms with Crippen molar-refractivity contribution in [1.29, 1.82) is 0 Å². The Bertz CT molecular complexity index is 840. The van der Waals surface area contributed by atoms with Crippen molar-refractivity contribution < 1.29 is 4.74 Å². The fourth-order valence-electron chi connectivity index (χ4n) is 5.52. The predicted octanol–water partition coefficient (Wildman–Crippen LogP) is 2.13. The van der Waals surface area contributed by atoms with Crippen molar-refractivity contribution in [3.8, 4) is 0 Å². The fourth-order valence-corrected chi connectivity index (χ4v) is 5.52. The Morgan fingerprint density at radius 2 is 2.22 bits per heavy atom. The second-order valence-corrected chi connectivity index (χ2v) is 8.05. The largest absolute Gasteiger partial charge is 0.377 e. The molecule has 0 aromatic carbocycles. The van der Waals surface area contributed by atoms with E-state index in [0.717, 1.165) is 37.0 Å². The van der Waals surface area contributed by atoms with E-state index in [4.69, 9.17) is 9.73 Å². The van der Waals surface area contributed by atoms with Crippen molar-refractivity contribution in [2.75, 3.05) is 13.2 Å². The Balaban J connectivity index is 1.35. The Morgan fingerprint density at radius 1 is 1.33 bits per heavy atom. The van der Waals surface area contributed by atoms with Crippen LogP contribution in [0.5, 0.6) is 0 Å². The summed E-state index contributed by atoms with van der Waals surface area (Å²) in [5.74, 6) is 2.36. The van der Waals surface area contributed by atoms with Crippen molar-refractivity contribution in [3.05, 3.63) is 30.2 Å². The Hall–Kier alpha value is -2.15. The van der Waals surface area contributed by atoms with Crippen LogP contribution in [-0.2, 0) is 11.3 Å². The molecule has 2 saturated carbocycles. The summed E-state index contributed by atoms with van der Waals surface area (Å²) in [7, 11) is 0. The molecule has 3 fully saturated rings. The molecule has 2 aromatic rings. The van der Waals surface area contributed by atoms with Gasteiger partial charge in [0.1, 0.15) is 6.54 Å². The van der Waals surface area contributed by atoms with Crippen LogP contribution in [0.3, 0.4) is 0 Å². The third-order valence-electron chi connectivity index (χ3n) is 6.69. The van der Waals surface area contributed by atoms with Gasteiger partial charge >= 0.3 is 0 Å². The number of pyridine rings is 1. The molecule has 2 N–H and O–H groups in total. The highest BCUT2D eigenvalue weighted by Crippen LogP contribution is 2.60. The van der Waals surface area contributed by atoms with E-state index in [9.17, 15) is 0 Å². The minimum Gasteiger partial charge on any atom is -0.377 e. The lowest BCUT2D eigenvalue weighted by atomic mass is 9.54. The van der Waals surface area contributed by atoms with E-state index in [1.807, 2.05) is 28.8 Å². The average Bonchev–Trinajstić information content (AvgIpc) is 3.42. The monoisotopic (exact) mass is 368 g/mol. The lowest BCUT2D eigenvalue weighted by molar-refractivity contribution is -0.125. The molecule has 1 spiro atoms. The van der Waals surface area contributed by atoms with Crippen LogP contribution in [0, 0.1) is 11.3 Å². The Kier molecular flexibility index (Phi) is 4.27. The number of ether oxygens (including phenoxy) is 1. The van der Waals surface area contributed by atoms with Gasteiger partial charge in [-0.05, 0) is 38.3 Å². The first-order valence-electron chi connectivity index (χ1n) is 10.3. The van der Waals surface area contributed by atoms with E-state index in [1.54, 1.807) is 0 Å². The lowest BCUT2D eigenvalue weighted by Crippen LogP contribution is -2.69. The summed E-state index contributed by atoms with van der Waals surface area (Å²) in [6, 6.07) is 6.40. The molecule has 1 saturated heterocycles. The van der Waals surface area contributed by atoms with Crippen LogP contribution in [0.4, 0.5) is 0 Å². The Labute approximate surface area is 159 Å². The van der Waals surface area contributed by atoms with Crippen LogP contribution in [0.1, 0.15) is 44.9 Å². The van der Waals surface area contributed by atoms with Crippen LogP contribution >= 0.6 is 0 Å². The van der Waals surface area contributed by atoms with E-state index >= 15 is 0 Å². The molecule has 0 bridgehead atoms. The molecule has 3 aliphatic rings. The molecular weight excluding hydrogens is 340 g/mol. The van der Waals surface area contributed by atoms with Crippen LogP contribution < -0.4 is 10.6 Å². The second kappa shape index (κ2) is 6.78. The third kappa shape index (κ3) is 2.71. The van der Waals surface area contributed by atoms with E-state index in [0.29, 0.717) is 30.0 Å². The van der Waals surface area contributed by atoms with Gasteiger partial charge < -0.3 is 15.4 Å². The standard InChI is InChI=1S/C20H28N6O/c1-2-21-19(22-13-16-25-24-15-7-3-6-11-26(15)16)23-17-14-8-12-27-18(14)20(17)9-4-5-10-20/h3,6-7,11,14,17-18H,2,4-5,8-10,12-13H2,1H3,(H2,21,22,23). The van der Waals surface area contributed by atoms with Gasteiger partial charge in [-0.25, -0.2) is 4.99 Å². The van der Waals surface area contributed by atoms with Gasteiger partial charge in [-0.15, -0.1) is 10.2 Å². The maximum atomic E-state index is 6.11. The SMILES string of the molecule is CCNC(=NCc1nnc2ccccn12)NC1C2CCOC2C12CCCC2. The predicted molar refractivity (Wildman–Crippen MR) is 103 cm³/mol. The van der Waals surface area contributed by atoms with Gasteiger partial charge in [-0.1, -0.05) is 18.9 Å². The molecule has 3 heterocycles. The van der Waals surface area contributed by atoms with E-state index in [2.05, 4.69) is 27.8 Å². The van der Waals surface area contributed by atoms with Crippen molar-refractivity contribution in [2.24, 2.45) is 16.3 Å². The minimum absolute atomic E-state index is 0.318. The van der Waals surface area contributed by atoms with Gasteiger partial charge in [0, 0.05) is 36.7 Å². The minimum atomic E-state index is 0.318. The van der Waals surface area contributed by atoms with Gasteiger partial charge in [0.25, 0.3) is 0 Å². The maximum absolute atomic E-state index is 6.11. The zero-order chi connectivity index (χ0) is 18.3. The summed E-state index contributed by atoms with van der Waals surface area (Å²) in [6.45, 7) is 4.37. The zero-order valence-electron chi connectivity index (χ0n) is 15.9. The van der Waals surface area contributed by atoms with Crippen LogP contribution in [0.15, 0.2) is 29.4 Å². The normalized spacial score (nSPS) is 29.1. The molecule has 27 heavy (non-hydrogen) atoms. The van der Waals surface area contributed by atoms with Crippen molar-refractivity contribution in [2.45, 2.75) is 57.7 Å². The van der Waals surface area contributed by atoms with Crippen LogP contribution in [-0.4, -0.2) is 45.9 Å². The molecule has 2 aliphatic carbocycles. The molecule has 1 aliphatic heterocycles. The third-order valence-corrected chi connectivity index (χ3v) is 6.69. The summed E-state index contributed by atoms with van der Waals surface area (Å²) in [5, 5.41) is 15.7. The number of fused-ring (bicyclic) bond motifs is 3. The van der Waals surface area contributed by atoms with Crippen LogP contribution in [0.25, 0.3) is 5.65 Å². The first-order valence-corrected chi connectivity index (χ1v) is 10.3. The molecule has 7 heteroatoms. The number of rotatable bonds is 4. The number of nitrogens with one attached hydrogen (secondary N) is 2. The molecule has 3 atom stereocenters. The second-order valence-electron chi connectivity index (χ2n) is 8.05. The molecule has 5 rings (SSSR count). The number of nitrogens with zero attached hydrogens (tertiary/aromatic N) is 4. The molecule has 0 radical (unpaired) electrons. The molecular formula is C20H28N6O. The van der Waals surface area contributed by atoms with Gasteiger partial charge in [-0.3, -0.25) is 4.40 Å². The maximum Gasteiger partial charge on any atom is 0.191 e. The molecule has 0 amide bonds. The number of hydrogen-bond donors (Lipinski definition) is 2. The molecule has 2 aromatic heterocycles. The highest BCUT2D eigenvalue weighted by Gasteiger charge is 2.65. The molecule has 7 nitrogen and oxygen atoms in total. The smallest absolute Gasteiger partial charge is 0.191 e. The highest BCUT2D eigenvalue weighted by molar-refractivity contribution is 5.80. The molecule has 144 valence electrons. The van der Waals surface area contributed by atoms with E-state index in [-0.39, 0.29) is 0 Å². The summed E-state index contributed by atoms with van der Waals surface area (Å²) in [5.41, 5.74) is 1.18. The first kappa shape index (κ1) is 17.0. The van der Waals surface area contributed by atoms with Gasteiger partial charge in [0.15, 0.2) is 17.4 Å². The quantitative estimate of drug-likeness (QED) is 0.639. The topological polar surface area (TPSA) is 75.8 Å². The van der Waals surface area contributed by atoms with Crippen molar-refractivity contribution in [1.82, 2.24) is 25.2 Å². The van der Waals surface area contributed by atoms with E-state index in [1.165, 1.54) is 25.7 Å². The number of guanidine groups is 1. The first-order chi connectivity index (χ1) is 13.3. The highest BCUT2D eigenvalue weighted by atomic mass is 16.5. The summed E-state index contributed by atoms with van der Waals surface area (Å²) >= 11 is 0. The van der Waals surface area contributed by atoms with E-state index < -0.39 is 0 Å². The zero-order valence-corrected chi connectivity index (χ0v) is 15.9. The Morgan fingerprint density at radius 3 is 3.07 bits per heavy atom. The number of hydrogen-bond acceptors (Lipinski definition) is 4. The van der Waals surface area contributed by atoms with Gasteiger partial charge in [0.2, 0.25) is 0 Å². The van der Waals surface area contributed by atoms with Crippen LogP contribution in [0.2, 0.25) is 0 Å². The van der Waals surface area contributed by atoms with Crippen molar-refractivity contribution >= 4 is 11.6 Å².